The van der Waals surface area contributed by atoms with Crippen LogP contribution in [0.4, 0.5) is 0 Å². The van der Waals surface area contributed by atoms with Crippen LogP contribution in [0.2, 0.25) is 0 Å². The van der Waals surface area contributed by atoms with Gasteiger partial charge in [-0.2, -0.15) is 0 Å². The summed E-state index contributed by atoms with van der Waals surface area (Å²) in [6.45, 7) is 6.61. The van der Waals surface area contributed by atoms with Crippen molar-refractivity contribution in [2.45, 2.75) is 69.2 Å². The van der Waals surface area contributed by atoms with E-state index in [0.717, 1.165) is 63.2 Å². The third kappa shape index (κ3) is 10.5. The molecule has 0 aromatic heterocycles. The Hall–Kier alpha value is -0.930. The molecule has 5 nitrogen and oxygen atoms in total. The summed E-state index contributed by atoms with van der Waals surface area (Å²) in [7, 11) is 0. The third-order valence-corrected chi connectivity index (χ3v) is 7.52. The van der Waals surface area contributed by atoms with E-state index < -0.39 is 0 Å². The smallest absolute Gasteiger partial charge is 0.160 e. The van der Waals surface area contributed by atoms with Crippen LogP contribution in [-0.2, 0) is 12.8 Å². The van der Waals surface area contributed by atoms with Gasteiger partial charge in [0.25, 0.3) is 0 Å². The molecule has 198 valence electrons. The van der Waals surface area contributed by atoms with Gasteiger partial charge in [0, 0.05) is 28.8 Å². The standard InChI is InChI=1S/C27H40N2O3S.2BrH/c1-2-17-29(22-8-13-25-21(20-22)7-14-26(31)27(25)32)18-6-4-3-5-15-28-16-19-33-24-11-9-23(30)10-12-24;;/h7,9-12,14,22,28,30-32H,2-6,8,13,15-20H2,1H3;2*1H/t22-;;/m0../s1. The van der Waals surface area contributed by atoms with Gasteiger partial charge in [-0.3, -0.25) is 0 Å². The molecule has 2 aromatic carbocycles. The molecule has 0 radical (unpaired) electrons. The molecule has 0 saturated heterocycles. The van der Waals surface area contributed by atoms with Gasteiger partial charge >= 0.3 is 0 Å². The number of halogens is 2. The predicted molar refractivity (Wildman–Crippen MR) is 158 cm³/mol. The number of hydrogen-bond acceptors (Lipinski definition) is 6. The molecule has 1 aliphatic rings. The molecule has 8 heteroatoms. The van der Waals surface area contributed by atoms with Crippen molar-refractivity contribution in [1.82, 2.24) is 10.2 Å². The maximum atomic E-state index is 10.1. The first-order valence-electron chi connectivity index (χ1n) is 12.5. The molecule has 0 amide bonds. The van der Waals surface area contributed by atoms with E-state index >= 15 is 0 Å². The molecule has 0 saturated carbocycles. The van der Waals surface area contributed by atoms with Gasteiger partial charge in [-0.15, -0.1) is 45.7 Å². The topological polar surface area (TPSA) is 76.0 Å². The number of phenols is 3. The van der Waals surface area contributed by atoms with Crippen LogP contribution >= 0.6 is 45.7 Å². The average Bonchev–Trinajstić information content (AvgIpc) is 2.83. The summed E-state index contributed by atoms with van der Waals surface area (Å²) in [6.07, 6.45) is 9.01. The van der Waals surface area contributed by atoms with Gasteiger partial charge in [-0.25, -0.2) is 0 Å². The lowest BCUT2D eigenvalue weighted by Gasteiger charge is -2.35. The minimum Gasteiger partial charge on any atom is -0.508 e. The number of phenolic OH excluding ortho intramolecular Hbond substituents is 3. The summed E-state index contributed by atoms with van der Waals surface area (Å²) < 4.78 is 0. The first-order chi connectivity index (χ1) is 16.1. The number of thioether (sulfide) groups is 1. The van der Waals surface area contributed by atoms with Gasteiger partial charge in [0.2, 0.25) is 0 Å². The Morgan fingerprint density at radius 1 is 0.914 bits per heavy atom. The molecule has 3 rings (SSSR count). The number of rotatable bonds is 14. The number of aromatic hydroxyl groups is 3. The van der Waals surface area contributed by atoms with Gasteiger partial charge < -0.3 is 25.5 Å². The zero-order valence-electron chi connectivity index (χ0n) is 20.7. The molecule has 0 spiro atoms. The predicted octanol–water partition coefficient (Wildman–Crippen LogP) is 6.47. The third-order valence-electron chi connectivity index (χ3n) is 6.50. The normalized spacial score (nSPS) is 14.7. The summed E-state index contributed by atoms with van der Waals surface area (Å²) >= 11 is 1.81. The average molecular weight is 635 g/mol. The molecule has 4 N–H and O–H groups in total. The van der Waals surface area contributed by atoms with Crippen molar-refractivity contribution in [2.24, 2.45) is 0 Å². The monoisotopic (exact) mass is 632 g/mol. The Morgan fingerprint density at radius 3 is 2.40 bits per heavy atom. The van der Waals surface area contributed by atoms with E-state index in [1.807, 2.05) is 30.0 Å². The molecule has 0 bridgehead atoms. The van der Waals surface area contributed by atoms with Crippen LogP contribution in [0.5, 0.6) is 17.2 Å². The Bertz CT molecular complexity index is 855. The quantitative estimate of drug-likeness (QED) is 0.109. The molecule has 0 aliphatic heterocycles. The van der Waals surface area contributed by atoms with Crippen LogP contribution < -0.4 is 5.32 Å². The van der Waals surface area contributed by atoms with Crippen molar-refractivity contribution in [1.29, 1.82) is 0 Å². The zero-order valence-corrected chi connectivity index (χ0v) is 25.0. The van der Waals surface area contributed by atoms with Crippen molar-refractivity contribution in [2.75, 3.05) is 31.9 Å². The van der Waals surface area contributed by atoms with E-state index in [0.29, 0.717) is 11.8 Å². The van der Waals surface area contributed by atoms with E-state index in [1.54, 1.807) is 18.2 Å². The van der Waals surface area contributed by atoms with E-state index in [-0.39, 0.29) is 45.5 Å². The molecule has 1 aliphatic carbocycles. The lowest BCUT2D eigenvalue weighted by atomic mass is 9.86. The fourth-order valence-electron chi connectivity index (χ4n) is 4.71. The van der Waals surface area contributed by atoms with E-state index in [2.05, 4.69) is 17.1 Å². The first kappa shape index (κ1) is 32.1. The first-order valence-corrected chi connectivity index (χ1v) is 13.5. The highest BCUT2D eigenvalue weighted by Crippen LogP contribution is 2.36. The molecule has 2 aromatic rings. The van der Waals surface area contributed by atoms with Crippen molar-refractivity contribution < 1.29 is 15.3 Å². The van der Waals surface area contributed by atoms with Crippen LogP contribution in [0.3, 0.4) is 0 Å². The fourth-order valence-corrected chi connectivity index (χ4v) is 5.52. The van der Waals surface area contributed by atoms with Gasteiger partial charge in [-0.05, 0) is 94.1 Å². The van der Waals surface area contributed by atoms with Crippen LogP contribution in [0.25, 0.3) is 0 Å². The summed E-state index contributed by atoms with van der Waals surface area (Å²) in [5.74, 6) is 1.45. The van der Waals surface area contributed by atoms with Crippen LogP contribution in [-0.4, -0.2) is 58.2 Å². The minimum absolute atomic E-state index is 0. The highest BCUT2D eigenvalue weighted by atomic mass is 79.9. The summed E-state index contributed by atoms with van der Waals surface area (Å²) in [5.41, 5.74) is 2.13. The summed E-state index contributed by atoms with van der Waals surface area (Å²) in [5, 5.41) is 32.8. The molecule has 35 heavy (non-hydrogen) atoms. The fraction of sp³-hybridized carbons (Fsp3) is 0.556. The molecule has 0 unspecified atom stereocenters. The van der Waals surface area contributed by atoms with Crippen molar-refractivity contribution in [3.05, 3.63) is 47.5 Å². The maximum absolute atomic E-state index is 10.1. The van der Waals surface area contributed by atoms with Gasteiger partial charge in [0.15, 0.2) is 11.5 Å². The lowest BCUT2D eigenvalue weighted by Crippen LogP contribution is -2.40. The van der Waals surface area contributed by atoms with Crippen LogP contribution in [0.15, 0.2) is 41.3 Å². The second-order valence-electron chi connectivity index (χ2n) is 9.01. The largest absolute Gasteiger partial charge is 0.508 e. The SMILES string of the molecule is Br.Br.CCCN(CCCCCCNCCSc1ccc(O)cc1)[C@H]1CCc2c(ccc(O)c2O)C1. The number of hydrogen-bond donors (Lipinski definition) is 4. The molecular formula is C27H42Br2N2O3S. The van der Waals surface area contributed by atoms with Gasteiger partial charge in [-0.1, -0.05) is 25.8 Å². The van der Waals surface area contributed by atoms with Crippen molar-refractivity contribution >= 4 is 45.7 Å². The summed E-state index contributed by atoms with van der Waals surface area (Å²) in [4.78, 5) is 3.84. The van der Waals surface area contributed by atoms with Crippen molar-refractivity contribution in [3.63, 3.8) is 0 Å². The zero-order chi connectivity index (χ0) is 23.5. The van der Waals surface area contributed by atoms with Crippen molar-refractivity contribution in [3.8, 4) is 17.2 Å². The van der Waals surface area contributed by atoms with Crippen LogP contribution in [0, 0.1) is 0 Å². The number of benzene rings is 2. The Balaban J connectivity index is 0.00000306. The van der Waals surface area contributed by atoms with Gasteiger partial charge in [0.05, 0.1) is 0 Å². The van der Waals surface area contributed by atoms with Crippen LogP contribution in [0.1, 0.15) is 56.6 Å². The maximum Gasteiger partial charge on any atom is 0.160 e. The van der Waals surface area contributed by atoms with E-state index in [1.165, 1.54) is 36.1 Å². The second-order valence-corrected chi connectivity index (χ2v) is 10.2. The number of nitrogens with one attached hydrogen (secondary N) is 1. The van der Waals surface area contributed by atoms with E-state index in [4.69, 9.17) is 0 Å². The minimum atomic E-state index is 0. The Kier molecular flexibility index (Phi) is 16.1. The lowest BCUT2D eigenvalue weighted by molar-refractivity contribution is 0.175. The molecule has 1 atom stereocenters. The van der Waals surface area contributed by atoms with Gasteiger partial charge in [0.1, 0.15) is 5.75 Å². The highest BCUT2D eigenvalue weighted by Gasteiger charge is 2.26. The molecular weight excluding hydrogens is 592 g/mol. The Labute approximate surface area is 236 Å². The number of fused-ring (bicyclic) bond motifs is 1. The highest BCUT2D eigenvalue weighted by molar-refractivity contribution is 8.93. The summed E-state index contributed by atoms with van der Waals surface area (Å²) in [6, 6.07) is 11.5. The Morgan fingerprint density at radius 2 is 1.66 bits per heavy atom. The molecule has 0 heterocycles. The number of nitrogens with zero attached hydrogens (tertiary/aromatic N) is 1. The second kappa shape index (κ2) is 17.5. The van der Waals surface area contributed by atoms with E-state index in [9.17, 15) is 15.3 Å². The molecule has 0 fully saturated rings. The number of unbranched alkanes of at least 4 members (excludes halogenated alkanes) is 3.